The molecule has 0 saturated carbocycles. The Morgan fingerprint density at radius 3 is 2.89 bits per heavy atom. The maximum Gasteiger partial charge on any atom is 0.371 e. The molecule has 0 radical (unpaired) electrons. The van der Waals surface area contributed by atoms with Gasteiger partial charge in [-0.25, -0.2) is 4.79 Å². The zero-order valence-corrected chi connectivity index (χ0v) is 9.95. The molecule has 0 bridgehead atoms. The largest absolute Gasteiger partial charge is 0.475 e. The van der Waals surface area contributed by atoms with Gasteiger partial charge in [-0.05, 0) is 12.1 Å². The average molecular weight is 270 g/mol. The van der Waals surface area contributed by atoms with Crippen LogP contribution in [0, 0.1) is 0 Å². The maximum atomic E-state index is 11.6. The van der Waals surface area contributed by atoms with Gasteiger partial charge in [-0.2, -0.15) is 0 Å². The van der Waals surface area contributed by atoms with Crippen LogP contribution in [-0.2, 0) is 11.3 Å². The zero-order valence-electron chi connectivity index (χ0n) is 9.13. The summed E-state index contributed by atoms with van der Waals surface area (Å²) in [7, 11) is 0. The molecule has 2 amide bonds. The smallest absolute Gasteiger partial charge is 0.371 e. The van der Waals surface area contributed by atoms with Crippen molar-refractivity contribution < 1.29 is 23.9 Å². The fourth-order valence-electron chi connectivity index (χ4n) is 1.41. The number of thioether (sulfide) groups is 1. The van der Waals surface area contributed by atoms with Crippen LogP contribution in [0.5, 0.6) is 0 Å². The van der Waals surface area contributed by atoms with Crippen molar-refractivity contribution in [3.8, 4) is 0 Å². The summed E-state index contributed by atoms with van der Waals surface area (Å²) in [5.74, 6) is -0.918. The molecule has 18 heavy (non-hydrogen) atoms. The lowest BCUT2D eigenvalue weighted by Gasteiger charge is -2.08. The van der Waals surface area contributed by atoms with Gasteiger partial charge in [0, 0.05) is 5.75 Å². The summed E-state index contributed by atoms with van der Waals surface area (Å²) in [6.45, 7) is 0.0865. The third-order valence-corrected chi connectivity index (χ3v) is 3.18. The number of carboxylic acids is 1. The maximum absolute atomic E-state index is 11.6. The lowest BCUT2D eigenvalue weighted by Crippen LogP contribution is -2.42. The molecule has 0 aliphatic carbocycles. The zero-order chi connectivity index (χ0) is 13.1. The van der Waals surface area contributed by atoms with Crippen LogP contribution in [-0.4, -0.2) is 34.0 Å². The Hall–Kier alpha value is -1.96. The fraction of sp³-hybridized carbons (Fsp3) is 0.300. The summed E-state index contributed by atoms with van der Waals surface area (Å²) < 4.78 is 4.97. The molecule has 0 aromatic carbocycles. The predicted molar refractivity (Wildman–Crippen MR) is 62.3 cm³/mol. The highest BCUT2D eigenvalue weighted by molar-refractivity contribution is 8.14. The molecular formula is C10H10N2O5S. The Kier molecular flexibility index (Phi) is 3.56. The summed E-state index contributed by atoms with van der Waals surface area (Å²) >= 11 is 1.05. The van der Waals surface area contributed by atoms with Gasteiger partial charge in [0.15, 0.2) is 0 Å². The Labute approximate surface area is 106 Å². The summed E-state index contributed by atoms with van der Waals surface area (Å²) in [6, 6.07) is 2.25. The minimum Gasteiger partial charge on any atom is -0.475 e. The predicted octanol–water partition coefficient (Wildman–Crippen LogP) is 0.419. The van der Waals surface area contributed by atoms with Gasteiger partial charge in [-0.3, -0.25) is 9.59 Å². The molecule has 7 nitrogen and oxygen atoms in total. The Balaban J connectivity index is 1.85. The van der Waals surface area contributed by atoms with E-state index in [0.29, 0.717) is 11.5 Å². The highest BCUT2D eigenvalue weighted by Gasteiger charge is 2.27. The van der Waals surface area contributed by atoms with Crippen LogP contribution in [0.25, 0.3) is 0 Å². The number of furan rings is 1. The second kappa shape index (κ2) is 5.13. The number of amides is 2. The van der Waals surface area contributed by atoms with Gasteiger partial charge < -0.3 is 20.2 Å². The monoisotopic (exact) mass is 270 g/mol. The molecule has 1 aromatic heterocycles. The van der Waals surface area contributed by atoms with E-state index in [2.05, 4.69) is 10.6 Å². The first-order valence-electron chi connectivity index (χ1n) is 5.09. The Morgan fingerprint density at radius 2 is 2.33 bits per heavy atom. The first-order chi connectivity index (χ1) is 8.56. The van der Waals surface area contributed by atoms with Crippen LogP contribution in [0.4, 0.5) is 4.79 Å². The van der Waals surface area contributed by atoms with Crippen LogP contribution in [0.1, 0.15) is 16.3 Å². The van der Waals surface area contributed by atoms with Crippen LogP contribution in [0.15, 0.2) is 16.5 Å². The molecule has 8 heteroatoms. The summed E-state index contributed by atoms with van der Waals surface area (Å²) in [6.07, 6.45) is 0. The molecule has 96 valence electrons. The lowest BCUT2D eigenvalue weighted by atomic mass is 10.3. The van der Waals surface area contributed by atoms with Crippen LogP contribution in [0.3, 0.4) is 0 Å². The molecule has 1 aromatic rings. The van der Waals surface area contributed by atoms with Crippen molar-refractivity contribution >= 4 is 28.9 Å². The first-order valence-corrected chi connectivity index (χ1v) is 6.08. The van der Waals surface area contributed by atoms with E-state index in [0.717, 1.165) is 11.8 Å². The Morgan fingerprint density at radius 1 is 1.56 bits per heavy atom. The number of carbonyl (C=O) groups excluding carboxylic acids is 2. The van der Waals surface area contributed by atoms with E-state index in [4.69, 9.17) is 9.52 Å². The van der Waals surface area contributed by atoms with Gasteiger partial charge in [0.05, 0.1) is 6.54 Å². The van der Waals surface area contributed by atoms with E-state index in [-0.39, 0.29) is 23.5 Å². The lowest BCUT2D eigenvalue weighted by molar-refractivity contribution is -0.122. The summed E-state index contributed by atoms with van der Waals surface area (Å²) in [5.41, 5.74) is 0. The van der Waals surface area contributed by atoms with E-state index < -0.39 is 12.0 Å². The van der Waals surface area contributed by atoms with Crippen LogP contribution >= 0.6 is 11.8 Å². The van der Waals surface area contributed by atoms with Crippen molar-refractivity contribution in [2.24, 2.45) is 0 Å². The first kappa shape index (κ1) is 12.5. The molecule has 3 N–H and O–H groups in total. The van der Waals surface area contributed by atoms with Crippen LogP contribution < -0.4 is 10.6 Å². The molecule has 1 atom stereocenters. The molecule has 0 spiro atoms. The van der Waals surface area contributed by atoms with Crippen molar-refractivity contribution in [2.75, 3.05) is 5.75 Å². The van der Waals surface area contributed by atoms with Gasteiger partial charge in [0.1, 0.15) is 11.8 Å². The molecule has 1 saturated heterocycles. The van der Waals surface area contributed by atoms with Crippen molar-refractivity contribution in [3.05, 3.63) is 23.7 Å². The van der Waals surface area contributed by atoms with E-state index in [1.807, 2.05) is 0 Å². The standard InChI is InChI=1S/C10H10N2O5S/c13-8(6-4-18-10(16)12-6)11-3-5-1-2-7(17-5)9(14)15/h1-2,6H,3-4H2,(H,11,13)(H,12,16)(H,14,15). The van der Waals surface area contributed by atoms with E-state index in [1.165, 1.54) is 12.1 Å². The van der Waals surface area contributed by atoms with Crippen molar-refractivity contribution in [2.45, 2.75) is 12.6 Å². The minimum atomic E-state index is -1.16. The van der Waals surface area contributed by atoms with Crippen LogP contribution in [0.2, 0.25) is 0 Å². The molecule has 1 fully saturated rings. The third-order valence-electron chi connectivity index (χ3n) is 2.30. The van der Waals surface area contributed by atoms with E-state index in [1.54, 1.807) is 0 Å². The van der Waals surface area contributed by atoms with Gasteiger partial charge in [0.2, 0.25) is 11.7 Å². The summed E-state index contributed by atoms with van der Waals surface area (Å²) in [4.78, 5) is 33.1. The quantitative estimate of drug-likeness (QED) is 0.731. The van der Waals surface area contributed by atoms with Crippen molar-refractivity contribution in [3.63, 3.8) is 0 Å². The third kappa shape index (κ3) is 2.83. The van der Waals surface area contributed by atoms with Gasteiger partial charge in [-0.1, -0.05) is 11.8 Å². The average Bonchev–Trinajstić information content (AvgIpc) is 2.94. The number of hydrogen-bond acceptors (Lipinski definition) is 5. The molecule has 1 aliphatic rings. The minimum absolute atomic E-state index is 0.0865. The molecule has 1 aliphatic heterocycles. The molecule has 2 heterocycles. The van der Waals surface area contributed by atoms with E-state index in [9.17, 15) is 14.4 Å². The molecular weight excluding hydrogens is 260 g/mol. The van der Waals surface area contributed by atoms with Crippen molar-refractivity contribution in [1.29, 1.82) is 0 Å². The molecule has 2 rings (SSSR count). The van der Waals surface area contributed by atoms with Crippen molar-refractivity contribution in [1.82, 2.24) is 10.6 Å². The van der Waals surface area contributed by atoms with E-state index >= 15 is 0 Å². The highest BCUT2D eigenvalue weighted by Crippen LogP contribution is 2.13. The second-order valence-corrected chi connectivity index (χ2v) is 4.58. The highest BCUT2D eigenvalue weighted by atomic mass is 32.2. The topological polar surface area (TPSA) is 109 Å². The van der Waals surface area contributed by atoms with Gasteiger partial charge in [-0.15, -0.1) is 0 Å². The number of aromatic carboxylic acids is 1. The van der Waals surface area contributed by atoms with Gasteiger partial charge >= 0.3 is 5.97 Å². The SMILES string of the molecule is O=C1NC(C(=O)NCc2ccc(C(=O)O)o2)CS1. The van der Waals surface area contributed by atoms with Gasteiger partial charge in [0.25, 0.3) is 5.24 Å². The Bertz CT molecular complexity index is 498. The number of carboxylic acid groups (broad SMARTS) is 1. The number of nitrogens with one attached hydrogen (secondary N) is 2. The second-order valence-electron chi connectivity index (χ2n) is 3.58. The number of carbonyl (C=O) groups is 3. The molecule has 1 unspecified atom stereocenters. The number of rotatable bonds is 4. The normalized spacial score (nSPS) is 18.4. The fourth-order valence-corrected chi connectivity index (χ4v) is 2.19. The summed E-state index contributed by atoms with van der Waals surface area (Å²) in [5, 5.41) is 13.5. The number of hydrogen-bond donors (Lipinski definition) is 3.